The van der Waals surface area contributed by atoms with Gasteiger partial charge in [0.1, 0.15) is 0 Å². The Hall–Kier alpha value is -0.710. The van der Waals surface area contributed by atoms with Gasteiger partial charge in [0.15, 0.2) is 0 Å². The average Bonchev–Trinajstić information content (AvgIpc) is 2.63. The van der Waals surface area contributed by atoms with Gasteiger partial charge in [0.2, 0.25) is 0 Å². The summed E-state index contributed by atoms with van der Waals surface area (Å²) in [6.07, 6.45) is 0. The Balaban J connectivity index is 1.92. The van der Waals surface area contributed by atoms with Crippen molar-refractivity contribution in [3.8, 4) is 0 Å². The van der Waals surface area contributed by atoms with E-state index in [9.17, 15) is 0 Å². The van der Waals surface area contributed by atoms with Crippen LogP contribution in [0.15, 0.2) is 23.0 Å². The number of thiazole rings is 1. The highest BCUT2D eigenvalue weighted by molar-refractivity contribution is 7.07. The van der Waals surface area contributed by atoms with Gasteiger partial charge in [-0.1, -0.05) is 12.2 Å². The third-order valence-electron chi connectivity index (χ3n) is 1.56. The van der Waals surface area contributed by atoms with E-state index in [4.69, 9.17) is 4.74 Å². The van der Waals surface area contributed by atoms with Crippen LogP contribution in [-0.4, -0.2) is 24.7 Å². The maximum absolute atomic E-state index is 5.33. The lowest BCUT2D eigenvalue weighted by atomic mass is 10.4. The van der Waals surface area contributed by atoms with Crippen LogP contribution in [0.3, 0.4) is 0 Å². The molecule has 1 heterocycles. The van der Waals surface area contributed by atoms with Gasteiger partial charge in [-0.05, 0) is 6.92 Å². The number of nitrogens with one attached hydrogen (secondary N) is 1. The summed E-state index contributed by atoms with van der Waals surface area (Å²) < 4.78 is 5.33. The zero-order valence-electron chi connectivity index (χ0n) is 8.45. The second kappa shape index (κ2) is 6.70. The van der Waals surface area contributed by atoms with E-state index >= 15 is 0 Å². The van der Waals surface area contributed by atoms with Crippen molar-refractivity contribution >= 4 is 11.3 Å². The molecule has 1 aromatic rings. The molecule has 0 atom stereocenters. The van der Waals surface area contributed by atoms with Gasteiger partial charge in [-0.3, -0.25) is 0 Å². The molecule has 1 rings (SSSR count). The second-order valence-corrected chi connectivity index (χ2v) is 3.88. The highest BCUT2D eigenvalue weighted by atomic mass is 32.1. The molecule has 0 aliphatic carbocycles. The van der Waals surface area contributed by atoms with Crippen molar-refractivity contribution < 1.29 is 4.74 Å². The predicted molar refractivity (Wildman–Crippen MR) is 59.5 cm³/mol. The molecule has 1 N–H and O–H groups in total. The maximum atomic E-state index is 5.33. The van der Waals surface area contributed by atoms with Crippen LogP contribution < -0.4 is 5.32 Å². The van der Waals surface area contributed by atoms with E-state index in [1.165, 1.54) is 0 Å². The first-order chi connectivity index (χ1) is 6.79. The number of hydrogen-bond acceptors (Lipinski definition) is 4. The van der Waals surface area contributed by atoms with Crippen LogP contribution in [0, 0.1) is 0 Å². The van der Waals surface area contributed by atoms with Crippen molar-refractivity contribution in [3.05, 3.63) is 28.7 Å². The lowest BCUT2D eigenvalue weighted by Gasteiger charge is -2.04. The standard InChI is InChI=1S/C10H16N2OS/c1-9(2)6-13-4-3-11-5-10-7-14-8-12-10/h7-8,11H,1,3-6H2,2H3. The van der Waals surface area contributed by atoms with Crippen LogP contribution >= 0.6 is 11.3 Å². The van der Waals surface area contributed by atoms with Crippen LogP contribution in [-0.2, 0) is 11.3 Å². The quantitative estimate of drug-likeness (QED) is 0.553. The van der Waals surface area contributed by atoms with E-state index in [0.29, 0.717) is 6.61 Å². The molecule has 0 aliphatic rings. The van der Waals surface area contributed by atoms with E-state index in [1.807, 2.05) is 17.8 Å². The van der Waals surface area contributed by atoms with Crippen LogP contribution in [0.4, 0.5) is 0 Å². The normalized spacial score (nSPS) is 10.4. The minimum atomic E-state index is 0.651. The molecule has 0 unspecified atom stereocenters. The molecule has 0 aromatic carbocycles. The van der Waals surface area contributed by atoms with Crippen molar-refractivity contribution in [1.82, 2.24) is 10.3 Å². The Morgan fingerprint density at radius 1 is 1.71 bits per heavy atom. The van der Waals surface area contributed by atoms with Gasteiger partial charge in [0, 0.05) is 18.5 Å². The van der Waals surface area contributed by atoms with Gasteiger partial charge in [0.05, 0.1) is 24.4 Å². The fourth-order valence-corrected chi connectivity index (χ4v) is 1.49. The van der Waals surface area contributed by atoms with Crippen molar-refractivity contribution in [2.45, 2.75) is 13.5 Å². The third-order valence-corrected chi connectivity index (χ3v) is 2.20. The molecule has 0 fully saturated rings. The summed E-state index contributed by atoms with van der Waals surface area (Å²) >= 11 is 1.62. The maximum Gasteiger partial charge on any atom is 0.0795 e. The molecule has 4 heteroatoms. The average molecular weight is 212 g/mol. The molecule has 0 saturated heterocycles. The van der Waals surface area contributed by atoms with Crippen LogP contribution in [0.1, 0.15) is 12.6 Å². The fraction of sp³-hybridized carbons (Fsp3) is 0.500. The van der Waals surface area contributed by atoms with Gasteiger partial charge >= 0.3 is 0 Å². The summed E-state index contributed by atoms with van der Waals surface area (Å²) in [5.74, 6) is 0. The highest BCUT2D eigenvalue weighted by Gasteiger charge is 1.93. The number of rotatable bonds is 7. The van der Waals surface area contributed by atoms with Crippen molar-refractivity contribution in [2.75, 3.05) is 19.8 Å². The molecule has 0 saturated carbocycles. The van der Waals surface area contributed by atoms with E-state index in [-0.39, 0.29) is 0 Å². The van der Waals surface area contributed by atoms with E-state index in [0.717, 1.165) is 31.0 Å². The third kappa shape index (κ3) is 5.11. The molecule has 3 nitrogen and oxygen atoms in total. The molecule has 1 aromatic heterocycles. The SMILES string of the molecule is C=C(C)COCCNCc1cscn1. The summed E-state index contributed by atoms with van der Waals surface area (Å²) in [7, 11) is 0. The first-order valence-corrected chi connectivity index (χ1v) is 5.53. The summed E-state index contributed by atoms with van der Waals surface area (Å²) in [6.45, 7) is 8.76. The zero-order chi connectivity index (χ0) is 10.2. The topological polar surface area (TPSA) is 34.1 Å². The van der Waals surface area contributed by atoms with Crippen LogP contribution in [0.5, 0.6) is 0 Å². The largest absolute Gasteiger partial charge is 0.376 e. The van der Waals surface area contributed by atoms with Gasteiger partial charge in [-0.2, -0.15) is 0 Å². The monoisotopic (exact) mass is 212 g/mol. The van der Waals surface area contributed by atoms with Gasteiger partial charge in [-0.25, -0.2) is 4.98 Å². The highest BCUT2D eigenvalue weighted by Crippen LogP contribution is 1.99. The summed E-state index contributed by atoms with van der Waals surface area (Å²) in [6, 6.07) is 0. The van der Waals surface area contributed by atoms with E-state index in [1.54, 1.807) is 11.3 Å². The lowest BCUT2D eigenvalue weighted by molar-refractivity contribution is 0.157. The van der Waals surface area contributed by atoms with E-state index in [2.05, 4.69) is 16.9 Å². The molecular weight excluding hydrogens is 196 g/mol. The molecule has 0 spiro atoms. The Labute approximate surface area is 88.8 Å². The van der Waals surface area contributed by atoms with Crippen molar-refractivity contribution in [2.24, 2.45) is 0 Å². The minimum Gasteiger partial charge on any atom is -0.376 e. The predicted octanol–water partition coefficient (Wildman–Crippen LogP) is 1.83. The Kier molecular flexibility index (Phi) is 5.44. The molecule has 0 bridgehead atoms. The van der Waals surface area contributed by atoms with Gasteiger partial charge in [-0.15, -0.1) is 11.3 Å². The number of nitrogens with zero attached hydrogens (tertiary/aromatic N) is 1. The summed E-state index contributed by atoms with van der Waals surface area (Å²) in [5, 5.41) is 5.29. The molecule has 0 amide bonds. The van der Waals surface area contributed by atoms with Gasteiger partial charge in [0.25, 0.3) is 0 Å². The molecule has 0 aliphatic heterocycles. The van der Waals surface area contributed by atoms with Crippen molar-refractivity contribution in [1.29, 1.82) is 0 Å². The minimum absolute atomic E-state index is 0.651. The first-order valence-electron chi connectivity index (χ1n) is 4.59. The fourth-order valence-electron chi connectivity index (χ4n) is 0.932. The number of ether oxygens (including phenoxy) is 1. The first kappa shape index (κ1) is 11.4. The zero-order valence-corrected chi connectivity index (χ0v) is 9.27. The number of aromatic nitrogens is 1. The Bertz CT molecular complexity index is 259. The van der Waals surface area contributed by atoms with Gasteiger partial charge < -0.3 is 10.1 Å². The second-order valence-electron chi connectivity index (χ2n) is 3.17. The number of hydrogen-bond donors (Lipinski definition) is 1. The Morgan fingerprint density at radius 2 is 2.57 bits per heavy atom. The van der Waals surface area contributed by atoms with Crippen molar-refractivity contribution in [3.63, 3.8) is 0 Å². The van der Waals surface area contributed by atoms with Crippen LogP contribution in [0.2, 0.25) is 0 Å². The summed E-state index contributed by atoms with van der Waals surface area (Å²) in [5.41, 5.74) is 3.99. The summed E-state index contributed by atoms with van der Waals surface area (Å²) in [4.78, 5) is 4.16. The molecular formula is C10H16N2OS. The molecule has 14 heavy (non-hydrogen) atoms. The lowest BCUT2D eigenvalue weighted by Crippen LogP contribution is -2.19. The molecule has 0 radical (unpaired) electrons. The van der Waals surface area contributed by atoms with Crippen LogP contribution in [0.25, 0.3) is 0 Å². The Morgan fingerprint density at radius 3 is 3.21 bits per heavy atom. The smallest absolute Gasteiger partial charge is 0.0795 e. The molecule has 78 valence electrons. The van der Waals surface area contributed by atoms with E-state index < -0.39 is 0 Å².